The molecule has 0 aliphatic heterocycles. The molecule has 0 spiro atoms. The second-order valence-corrected chi connectivity index (χ2v) is 4.42. The third-order valence-corrected chi connectivity index (χ3v) is 3.06. The molecule has 1 saturated carbocycles. The summed E-state index contributed by atoms with van der Waals surface area (Å²) in [5, 5.41) is 13.1. The smallest absolute Gasteiger partial charge is 0.309 e. The first kappa shape index (κ1) is 14.3. The monoisotopic (exact) mass is 256 g/mol. The van der Waals surface area contributed by atoms with Crippen molar-refractivity contribution in [1.29, 1.82) is 0 Å². The molecule has 2 N–H and O–H groups in total. The summed E-state index contributed by atoms with van der Waals surface area (Å²) in [5.41, 5.74) is 0. The summed E-state index contributed by atoms with van der Waals surface area (Å²) >= 11 is 0. The van der Waals surface area contributed by atoms with Crippen LogP contribution in [0.2, 0.25) is 0 Å². The predicted molar refractivity (Wildman–Crippen MR) is 61.6 cm³/mol. The molecule has 100 valence electrons. The molecule has 1 atom stereocenters. The van der Waals surface area contributed by atoms with Gasteiger partial charge in [-0.2, -0.15) is 0 Å². The van der Waals surface area contributed by atoms with Gasteiger partial charge in [-0.05, 0) is 12.8 Å². The van der Waals surface area contributed by atoms with E-state index in [1.165, 1.54) is 0 Å². The Kier molecular flexibility index (Phi) is 5.41. The van der Waals surface area contributed by atoms with Crippen LogP contribution >= 0.6 is 0 Å². The second kappa shape index (κ2) is 6.83. The van der Waals surface area contributed by atoms with Crippen LogP contribution in [0.5, 0.6) is 0 Å². The number of aliphatic carboxylic acids is 1. The molecule has 7 nitrogen and oxygen atoms in total. The highest BCUT2D eigenvalue weighted by atomic mass is 16.4. The van der Waals surface area contributed by atoms with Gasteiger partial charge in [-0.15, -0.1) is 4.91 Å². The Morgan fingerprint density at radius 3 is 2.33 bits per heavy atom. The van der Waals surface area contributed by atoms with Gasteiger partial charge in [-0.3, -0.25) is 14.4 Å². The van der Waals surface area contributed by atoms with Crippen LogP contribution < -0.4 is 5.32 Å². The van der Waals surface area contributed by atoms with Gasteiger partial charge in [0, 0.05) is 11.1 Å². The van der Waals surface area contributed by atoms with Crippen LogP contribution in [0, 0.1) is 10.8 Å². The van der Waals surface area contributed by atoms with Crippen LogP contribution in [0.4, 0.5) is 0 Å². The molecule has 0 aromatic rings. The zero-order valence-corrected chi connectivity index (χ0v) is 9.92. The van der Waals surface area contributed by atoms with E-state index in [9.17, 15) is 19.3 Å². The molecule has 1 fully saturated rings. The largest absolute Gasteiger partial charge is 0.481 e. The molecule has 1 rings (SSSR count). The summed E-state index contributed by atoms with van der Waals surface area (Å²) < 4.78 is 0. The van der Waals surface area contributed by atoms with E-state index in [2.05, 4.69) is 10.5 Å². The van der Waals surface area contributed by atoms with Crippen LogP contribution in [0.25, 0.3) is 0 Å². The second-order valence-electron chi connectivity index (χ2n) is 4.42. The highest BCUT2D eigenvalue weighted by Gasteiger charge is 2.28. The summed E-state index contributed by atoms with van der Waals surface area (Å²) in [6.07, 6.45) is 3.81. The molecule has 2 amide bonds. The zero-order chi connectivity index (χ0) is 13.5. The lowest BCUT2D eigenvalue weighted by atomic mass is 9.88. The van der Waals surface area contributed by atoms with Crippen LogP contribution in [0.1, 0.15) is 38.5 Å². The topological polar surface area (TPSA) is 113 Å². The van der Waals surface area contributed by atoms with Gasteiger partial charge in [0.1, 0.15) is 6.04 Å². The average Bonchev–Trinajstić information content (AvgIpc) is 2.37. The van der Waals surface area contributed by atoms with Crippen LogP contribution in [-0.4, -0.2) is 28.9 Å². The third-order valence-electron chi connectivity index (χ3n) is 3.06. The molecule has 0 aromatic carbocycles. The predicted octanol–water partition coefficient (Wildman–Crippen LogP) is 0.819. The first-order chi connectivity index (χ1) is 8.54. The molecule has 1 aliphatic rings. The number of nitrogens with zero attached hydrogens (tertiary/aromatic N) is 1. The molecular formula is C11H16N2O5. The fourth-order valence-corrected chi connectivity index (χ4v) is 2.09. The summed E-state index contributed by atoms with van der Waals surface area (Å²) in [7, 11) is 0. The minimum Gasteiger partial charge on any atom is -0.481 e. The number of amides is 2. The Hall–Kier alpha value is -1.79. The lowest BCUT2D eigenvalue weighted by Crippen LogP contribution is -2.44. The van der Waals surface area contributed by atoms with E-state index in [-0.39, 0.29) is 11.8 Å². The Morgan fingerprint density at radius 2 is 1.83 bits per heavy atom. The van der Waals surface area contributed by atoms with Crippen molar-refractivity contribution in [1.82, 2.24) is 5.32 Å². The molecule has 0 aromatic heterocycles. The first-order valence-electron chi connectivity index (χ1n) is 5.94. The van der Waals surface area contributed by atoms with E-state index in [1.54, 1.807) is 0 Å². The Labute approximate surface area is 104 Å². The Bertz CT molecular complexity index is 349. The normalized spacial score (nSPS) is 17.8. The quantitative estimate of drug-likeness (QED) is 0.707. The molecular weight excluding hydrogens is 240 g/mol. The first-order valence-corrected chi connectivity index (χ1v) is 5.94. The Morgan fingerprint density at radius 1 is 1.22 bits per heavy atom. The number of nitroso groups, excluding NO2 is 1. The van der Waals surface area contributed by atoms with Crippen molar-refractivity contribution in [2.75, 3.05) is 0 Å². The fourth-order valence-electron chi connectivity index (χ4n) is 2.09. The van der Waals surface area contributed by atoms with Crippen molar-refractivity contribution in [2.24, 2.45) is 11.1 Å². The van der Waals surface area contributed by atoms with Crippen LogP contribution in [0.3, 0.4) is 0 Å². The van der Waals surface area contributed by atoms with Crippen molar-refractivity contribution < 1.29 is 19.5 Å². The summed E-state index contributed by atoms with van der Waals surface area (Å²) in [6.45, 7) is 0. The molecule has 0 heterocycles. The molecule has 7 heteroatoms. The molecule has 0 saturated heterocycles. The van der Waals surface area contributed by atoms with Gasteiger partial charge in [0.25, 0.3) is 0 Å². The third kappa shape index (κ3) is 4.23. The van der Waals surface area contributed by atoms with Gasteiger partial charge in [0.15, 0.2) is 0 Å². The van der Waals surface area contributed by atoms with Crippen molar-refractivity contribution in [3.63, 3.8) is 0 Å². The van der Waals surface area contributed by atoms with Gasteiger partial charge in [-0.1, -0.05) is 19.3 Å². The molecule has 1 unspecified atom stereocenters. The van der Waals surface area contributed by atoms with Crippen molar-refractivity contribution >= 4 is 17.8 Å². The molecule has 0 bridgehead atoms. The number of hydrogen-bond acceptors (Lipinski definition) is 4. The Balaban J connectivity index is 2.58. The number of carboxylic acids is 1. The number of hydrogen-bond donors (Lipinski definition) is 2. The SMILES string of the molecule is O=NC(=O)C(CC(=O)O)NC(=O)C1CCCCC1. The van der Waals surface area contributed by atoms with E-state index in [0.29, 0.717) is 0 Å². The molecule has 0 radical (unpaired) electrons. The average molecular weight is 256 g/mol. The lowest BCUT2D eigenvalue weighted by molar-refractivity contribution is -0.140. The van der Waals surface area contributed by atoms with E-state index in [4.69, 9.17) is 5.11 Å². The molecule has 1 aliphatic carbocycles. The summed E-state index contributed by atoms with van der Waals surface area (Å²) in [4.78, 5) is 43.6. The van der Waals surface area contributed by atoms with Crippen molar-refractivity contribution in [2.45, 2.75) is 44.6 Å². The van der Waals surface area contributed by atoms with Crippen LogP contribution in [0.15, 0.2) is 5.18 Å². The number of carboxylic acid groups (broad SMARTS) is 1. The maximum atomic E-state index is 11.8. The van der Waals surface area contributed by atoms with Gasteiger partial charge >= 0.3 is 11.9 Å². The highest BCUT2D eigenvalue weighted by molar-refractivity contribution is 5.91. The zero-order valence-electron chi connectivity index (χ0n) is 9.92. The van der Waals surface area contributed by atoms with E-state index in [0.717, 1.165) is 32.1 Å². The number of nitrogens with one attached hydrogen (secondary N) is 1. The number of carbonyl (C=O) groups is 3. The molecule has 18 heavy (non-hydrogen) atoms. The highest BCUT2D eigenvalue weighted by Crippen LogP contribution is 2.23. The van der Waals surface area contributed by atoms with E-state index >= 15 is 0 Å². The fraction of sp³-hybridized carbons (Fsp3) is 0.727. The van der Waals surface area contributed by atoms with Gasteiger partial charge in [-0.25, -0.2) is 0 Å². The number of rotatable bonds is 5. The minimum atomic E-state index is -1.35. The van der Waals surface area contributed by atoms with Crippen molar-refractivity contribution in [3.8, 4) is 0 Å². The maximum Gasteiger partial charge on any atom is 0.309 e. The van der Waals surface area contributed by atoms with Gasteiger partial charge < -0.3 is 10.4 Å². The standard InChI is InChI=1S/C11H16N2O5/c14-9(15)6-8(11(17)13-18)12-10(16)7-4-2-1-3-5-7/h7-8H,1-6H2,(H,12,16)(H,14,15). The van der Waals surface area contributed by atoms with Crippen LogP contribution in [-0.2, 0) is 14.4 Å². The maximum absolute atomic E-state index is 11.8. The van der Waals surface area contributed by atoms with E-state index in [1.807, 2.05) is 0 Å². The van der Waals surface area contributed by atoms with Gasteiger partial charge in [0.2, 0.25) is 5.91 Å². The summed E-state index contributed by atoms with van der Waals surface area (Å²) in [5.74, 6) is -2.98. The minimum absolute atomic E-state index is 0.200. The summed E-state index contributed by atoms with van der Waals surface area (Å²) in [6, 6.07) is -1.35. The van der Waals surface area contributed by atoms with Crippen molar-refractivity contribution in [3.05, 3.63) is 4.91 Å². The van der Waals surface area contributed by atoms with Gasteiger partial charge in [0.05, 0.1) is 6.42 Å². The lowest BCUT2D eigenvalue weighted by Gasteiger charge is -2.22. The number of carbonyl (C=O) groups excluding carboxylic acids is 2. The van der Waals surface area contributed by atoms with E-state index < -0.39 is 24.3 Å².